The first kappa shape index (κ1) is 18.1. The first-order valence-corrected chi connectivity index (χ1v) is 6.77. The highest BCUT2D eigenvalue weighted by Crippen LogP contribution is 2.20. The first-order chi connectivity index (χ1) is 10.1. The van der Waals surface area contributed by atoms with Crippen molar-refractivity contribution in [2.45, 2.75) is 44.4 Å². The number of aliphatic carboxylic acids is 1. The molecule has 1 aliphatic heterocycles. The lowest BCUT2D eigenvalue weighted by atomic mass is 9.97. The van der Waals surface area contributed by atoms with E-state index in [4.69, 9.17) is 5.11 Å². The van der Waals surface area contributed by atoms with Crippen LogP contribution in [0.4, 0.5) is 18.0 Å². The average Bonchev–Trinajstić information content (AvgIpc) is 2.39. The van der Waals surface area contributed by atoms with Crippen LogP contribution in [0, 0.1) is 0 Å². The number of carboxylic acid groups (broad SMARTS) is 1. The fraction of sp³-hybridized carbons (Fsp3) is 0.750. The Morgan fingerprint density at radius 2 is 1.95 bits per heavy atom. The number of amides is 3. The second-order valence-electron chi connectivity index (χ2n) is 5.03. The zero-order valence-electron chi connectivity index (χ0n) is 11.9. The van der Waals surface area contributed by atoms with Crippen LogP contribution in [0.3, 0.4) is 0 Å². The van der Waals surface area contributed by atoms with Gasteiger partial charge in [0.25, 0.3) is 0 Å². The van der Waals surface area contributed by atoms with E-state index in [1.54, 1.807) is 0 Å². The molecule has 10 heteroatoms. The molecule has 7 nitrogen and oxygen atoms in total. The first-order valence-electron chi connectivity index (χ1n) is 6.77. The number of nitrogens with one attached hydrogen (secondary N) is 2. The molecule has 1 saturated heterocycles. The highest BCUT2D eigenvalue weighted by Gasteiger charge is 2.42. The van der Waals surface area contributed by atoms with Crippen molar-refractivity contribution in [1.82, 2.24) is 15.5 Å². The van der Waals surface area contributed by atoms with Crippen LogP contribution < -0.4 is 10.6 Å². The van der Waals surface area contributed by atoms with E-state index < -0.39 is 36.2 Å². The lowest BCUT2D eigenvalue weighted by Gasteiger charge is -2.39. The molecule has 1 aliphatic rings. The largest absolute Gasteiger partial charge is 0.481 e. The van der Waals surface area contributed by atoms with Gasteiger partial charge in [0.2, 0.25) is 0 Å². The minimum atomic E-state index is -4.97. The number of nitrogens with zero attached hydrogens (tertiary/aromatic N) is 1. The van der Waals surface area contributed by atoms with Gasteiger partial charge in [-0.2, -0.15) is 13.2 Å². The quantitative estimate of drug-likeness (QED) is 0.708. The molecular formula is C12H18F3N3O4. The molecule has 0 aromatic carbocycles. The summed E-state index contributed by atoms with van der Waals surface area (Å²) in [7, 11) is 0. The fourth-order valence-corrected chi connectivity index (χ4v) is 2.25. The monoisotopic (exact) mass is 325 g/mol. The molecule has 1 rings (SSSR count). The van der Waals surface area contributed by atoms with Gasteiger partial charge in [-0.15, -0.1) is 0 Å². The Kier molecular flexibility index (Phi) is 6.01. The third kappa shape index (κ3) is 5.08. The molecule has 1 heterocycles. The van der Waals surface area contributed by atoms with Crippen LogP contribution in [0.1, 0.15) is 26.2 Å². The summed E-state index contributed by atoms with van der Waals surface area (Å²) in [5.74, 6) is -3.10. The zero-order valence-corrected chi connectivity index (χ0v) is 11.9. The molecule has 3 amide bonds. The lowest BCUT2D eigenvalue weighted by molar-refractivity contribution is -0.175. The van der Waals surface area contributed by atoms with Gasteiger partial charge in [0.1, 0.15) is 0 Å². The zero-order chi connectivity index (χ0) is 16.9. The van der Waals surface area contributed by atoms with Crippen LogP contribution in [0.2, 0.25) is 0 Å². The maximum Gasteiger partial charge on any atom is 0.471 e. The molecule has 0 aromatic heterocycles. The summed E-state index contributed by atoms with van der Waals surface area (Å²) in [5.41, 5.74) is 0. The Hall–Kier alpha value is -2.00. The summed E-state index contributed by atoms with van der Waals surface area (Å²) in [6, 6.07) is -1.97. The van der Waals surface area contributed by atoms with Gasteiger partial charge in [0.15, 0.2) is 0 Å². The molecule has 0 spiro atoms. The minimum Gasteiger partial charge on any atom is -0.481 e. The van der Waals surface area contributed by atoms with Crippen molar-refractivity contribution >= 4 is 17.9 Å². The van der Waals surface area contributed by atoms with Crippen LogP contribution in [0.25, 0.3) is 0 Å². The Labute approximate surface area is 124 Å². The summed E-state index contributed by atoms with van der Waals surface area (Å²) in [6.07, 6.45) is -4.44. The standard InChI is InChI=1S/C12H18F3N3O4/c1-7-8(17-10(21)12(13,14)15)3-2-6-18(7)11(22)16-5-4-9(19)20/h7-8H,2-6H2,1H3,(H,16,22)(H,17,21)(H,19,20)/t7-,8-/m1/s1. The summed E-state index contributed by atoms with van der Waals surface area (Å²) in [4.78, 5) is 34.6. The Morgan fingerprint density at radius 1 is 1.32 bits per heavy atom. The smallest absolute Gasteiger partial charge is 0.471 e. The van der Waals surface area contributed by atoms with E-state index in [2.05, 4.69) is 5.32 Å². The highest BCUT2D eigenvalue weighted by molar-refractivity contribution is 5.82. The second-order valence-corrected chi connectivity index (χ2v) is 5.03. The van der Waals surface area contributed by atoms with E-state index in [9.17, 15) is 27.6 Å². The molecule has 3 N–H and O–H groups in total. The second kappa shape index (κ2) is 7.32. The van der Waals surface area contributed by atoms with Crippen molar-refractivity contribution in [2.75, 3.05) is 13.1 Å². The van der Waals surface area contributed by atoms with Gasteiger partial charge in [0.05, 0.1) is 12.5 Å². The molecule has 22 heavy (non-hydrogen) atoms. The van der Waals surface area contributed by atoms with Gasteiger partial charge in [0, 0.05) is 19.1 Å². The molecule has 126 valence electrons. The third-order valence-corrected chi connectivity index (χ3v) is 3.44. The van der Waals surface area contributed by atoms with Gasteiger partial charge >= 0.3 is 24.1 Å². The number of urea groups is 1. The fourth-order valence-electron chi connectivity index (χ4n) is 2.25. The van der Waals surface area contributed by atoms with E-state index in [1.807, 2.05) is 5.32 Å². The summed E-state index contributed by atoms with van der Waals surface area (Å²) < 4.78 is 36.8. The molecule has 0 aliphatic carbocycles. The number of carboxylic acids is 1. The van der Waals surface area contributed by atoms with Crippen LogP contribution >= 0.6 is 0 Å². The number of hydrogen-bond acceptors (Lipinski definition) is 3. The van der Waals surface area contributed by atoms with Gasteiger partial charge in [-0.3, -0.25) is 9.59 Å². The van der Waals surface area contributed by atoms with Crippen LogP contribution in [-0.2, 0) is 9.59 Å². The van der Waals surface area contributed by atoms with Crippen LogP contribution in [0.5, 0.6) is 0 Å². The Morgan fingerprint density at radius 3 is 2.50 bits per heavy atom. The van der Waals surface area contributed by atoms with Gasteiger partial charge in [-0.25, -0.2) is 4.79 Å². The van der Waals surface area contributed by atoms with Gasteiger partial charge < -0.3 is 20.6 Å². The summed E-state index contributed by atoms with van der Waals surface area (Å²) in [5, 5.41) is 12.8. The van der Waals surface area contributed by atoms with Crippen molar-refractivity contribution in [1.29, 1.82) is 0 Å². The Bertz CT molecular complexity index is 442. The molecule has 0 unspecified atom stereocenters. The van der Waals surface area contributed by atoms with Crippen molar-refractivity contribution in [2.24, 2.45) is 0 Å². The van der Waals surface area contributed by atoms with E-state index >= 15 is 0 Å². The van der Waals surface area contributed by atoms with Crippen molar-refractivity contribution in [3.8, 4) is 0 Å². The predicted octanol–water partition coefficient (Wildman–Crippen LogP) is 0.702. The van der Waals surface area contributed by atoms with Gasteiger partial charge in [-0.05, 0) is 19.8 Å². The van der Waals surface area contributed by atoms with Crippen molar-refractivity contribution < 1.29 is 32.7 Å². The third-order valence-electron chi connectivity index (χ3n) is 3.44. The summed E-state index contributed by atoms with van der Waals surface area (Å²) >= 11 is 0. The molecule has 0 saturated carbocycles. The van der Waals surface area contributed by atoms with E-state index in [0.29, 0.717) is 19.4 Å². The molecule has 0 radical (unpaired) electrons. The maximum absolute atomic E-state index is 12.3. The number of carbonyl (C=O) groups excluding carboxylic acids is 2. The topological polar surface area (TPSA) is 98.7 Å². The van der Waals surface area contributed by atoms with Crippen molar-refractivity contribution in [3.63, 3.8) is 0 Å². The number of alkyl halides is 3. The van der Waals surface area contributed by atoms with E-state index in [1.165, 1.54) is 11.8 Å². The minimum absolute atomic E-state index is 0.0725. The average molecular weight is 325 g/mol. The normalized spacial score (nSPS) is 22.1. The maximum atomic E-state index is 12.3. The lowest BCUT2D eigenvalue weighted by Crippen LogP contribution is -2.59. The SMILES string of the molecule is C[C@@H]1[C@H](NC(=O)C(F)(F)F)CCCN1C(=O)NCCC(=O)O. The van der Waals surface area contributed by atoms with E-state index in [-0.39, 0.29) is 13.0 Å². The number of piperidine rings is 1. The molecule has 0 bridgehead atoms. The van der Waals surface area contributed by atoms with Crippen LogP contribution in [-0.4, -0.2) is 59.3 Å². The summed E-state index contributed by atoms with van der Waals surface area (Å²) in [6.45, 7) is 1.80. The molecule has 2 atom stereocenters. The number of likely N-dealkylation sites (tertiary alicyclic amines) is 1. The van der Waals surface area contributed by atoms with Crippen molar-refractivity contribution in [3.05, 3.63) is 0 Å². The van der Waals surface area contributed by atoms with E-state index in [0.717, 1.165) is 0 Å². The highest BCUT2D eigenvalue weighted by atomic mass is 19.4. The number of carbonyl (C=O) groups is 3. The Balaban J connectivity index is 2.58. The number of halogens is 3. The molecule has 1 fully saturated rings. The predicted molar refractivity (Wildman–Crippen MR) is 69.0 cm³/mol. The van der Waals surface area contributed by atoms with Gasteiger partial charge in [-0.1, -0.05) is 0 Å². The van der Waals surface area contributed by atoms with Crippen LogP contribution in [0.15, 0.2) is 0 Å². The molecule has 0 aromatic rings. The number of rotatable bonds is 4. The number of hydrogen-bond donors (Lipinski definition) is 3. The molecular weight excluding hydrogens is 307 g/mol.